The molecular weight excluding hydrogens is 530 g/mol. The Morgan fingerprint density at radius 2 is 1.49 bits per heavy atom. The summed E-state index contributed by atoms with van der Waals surface area (Å²) in [5.41, 5.74) is 9.51. The number of anilines is 2. The van der Waals surface area contributed by atoms with E-state index >= 15 is 0 Å². The first kappa shape index (κ1) is 31.4. The van der Waals surface area contributed by atoms with Gasteiger partial charge in [0.1, 0.15) is 11.6 Å². The summed E-state index contributed by atoms with van der Waals surface area (Å²) in [5, 5.41) is 16.2. The molecule has 0 unspecified atom stereocenters. The van der Waals surface area contributed by atoms with Gasteiger partial charge in [-0.2, -0.15) is 0 Å². The van der Waals surface area contributed by atoms with Gasteiger partial charge in [0.25, 0.3) is 0 Å². The van der Waals surface area contributed by atoms with Crippen LogP contribution in [0, 0.1) is 11.6 Å². The predicted octanol–water partition coefficient (Wildman–Crippen LogP) is 4.16. The lowest BCUT2D eigenvalue weighted by Gasteiger charge is -2.28. The molecule has 0 saturated carbocycles. The molecule has 3 rings (SSSR count). The van der Waals surface area contributed by atoms with E-state index in [0.29, 0.717) is 16.9 Å². The zero-order chi connectivity index (χ0) is 29.9. The first-order chi connectivity index (χ1) is 19.5. The van der Waals surface area contributed by atoms with Gasteiger partial charge in [-0.15, -0.1) is 0 Å². The number of aliphatic hydroxyl groups excluding tert-OH is 1. The molecule has 0 aliphatic heterocycles. The second-order valence-corrected chi connectivity index (χ2v) is 9.97. The molecule has 0 aliphatic rings. The molecule has 3 amide bonds. The normalized spacial score (nSPS) is 12.3. The highest BCUT2D eigenvalue weighted by atomic mass is 19.1. The summed E-state index contributed by atoms with van der Waals surface area (Å²) in [6.45, 7) is 3.48. The fourth-order valence-electron chi connectivity index (χ4n) is 4.36. The first-order valence-electron chi connectivity index (χ1n) is 13.4. The number of hydrogen-bond donors (Lipinski definition) is 4. The van der Waals surface area contributed by atoms with Crippen LogP contribution in [0.5, 0.6) is 0 Å². The number of nitrogens with two attached hydrogens (primary N) is 1. The van der Waals surface area contributed by atoms with Crippen molar-refractivity contribution in [2.75, 3.05) is 17.2 Å². The molecule has 3 aromatic rings. The first-order valence-corrected chi connectivity index (χ1v) is 13.4. The molecule has 0 saturated heterocycles. The molecule has 41 heavy (non-hydrogen) atoms. The van der Waals surface area contributed by atoms with E-state index in [0.717, 1.165) is 35.7 Å². The van der Waals surface area contributed by atoms with E-state index in [4.69, 9.17) is 5.73 Å². The van der Waals surface area contributed by atoms with Crippen molar-refractivity contribution in [3.05, 3.63) is 95.1 Å². The van der Waals surface area contributed by atoms with Crippen molar-refractivity contribution in [2.45, 2.75) is 58.2 Å². The Morgan fingerprint density at radius 3 is 2.10 bits per heavy atom. The number of aryl methyl sites for hydroxylation is 1. The van der Waals surface area contributed by atoms with E-state index in [-0.39, 0.29) is 50.1 Å². The van der Waals surface area contributed by atoms with Crippen molar-refractivity contribution in [3.63, 3.8) is 0 Å². The highest BCUT2D eigenvalue weighted by Gasteiger charge is 2.23. The number of rotatable bonds is 13. The van der Waals surface area contributed by atoms with E-state index in [1.807, 2.05) is 31.2 Å². The Kier molecular flexibility index (Phi) is 11.5. The van der Waals surface area contributed by atoms with Gasteiger partial charge in [0, 0.05) is 56.3 Å². The topological polar surface area (TPSA) is 125 Å². The molecule has 0 aliphatic carbocycles. The summed E-state index contributed by atoms with van der Waals surface area (Å²) in [7, 11) is 0. The van der Waals surface area contributed by atoms with Gasteiger partial charge in [-0.25, -0.2) is 8.78 Å². The van der Waals surface area contributed by atoms with E-state index in [9.17, 15) is 28.3 Å². The van der Waals surface area contributed by atoms with Crippen molar-refractivity contribution in [2.24, 2.45) is 5.73 Å². The molecule has 3 aromatic carbocycles. The molecular formula is C31H36F2N4O4. The number of nitrogens with one attached hydrogen (secondary N) is 2. The minimum Gasteiger partial charge on any atom is -0.390 e. The molecule has 2 atom stereocenters. The van der Waals surface area contributed by atoms with Gasteiger partial charge in [-0.05, 0) is 65.9 Å². The van der Waals surface area contributed by atoms with Gasteiger partial charge >= 0.3 is 0 Å². The van der Waals surface area contributed by atoms with E-state index in [1.54, 1.807) is 24.3 Å². The fraction of sp³-hybridized carbons (Fsp3) is 0.323. The quantitative estimate of drug-likeness (QED) is 0.247. The van der Waals surface area contributed by atoms with Gasteiger partial charge in [0.05, 0.1) is 6.10 Å². The number of carbonyl (C=O) groups is 3. The highest BCUT2D eigenvalue weighted by Crippen LogP contribution is 2.16. The minimum absolute atomic E-state index is 0.00628. The van der Waals surface area contributed by atoms with Gasteiger partial charge < -0.3 is 26.4 Å². The summed E-state index contributed by atoms with van der Waals surface area (Å²) in [4.78, 5) is 38.4. The van der Waals surface area contributed by atoms with Crippen molar-refractivity contribution < 1.29 is 28.3 Å². The lowest BCUT2D eigenvalue weighted by Crippen LogP contribution is -2.46. The average molecular weight is 567 g/mol. The Bertz CT molecular complexity index is 1330. The van der Waals surface area contributed by atoms with Crippen LogP contribution in [0.2, 0.25) is 0 Å². The van der Waals surface area contributed by atoms with Crippen LogP contribution in [0.4, 0.5) is 20.2 Å². The summed E-state index contributed by atoms with van der Waals surface area (Å²) in [5.74, 6) is -2.41. The third-order valence-electron chi connectivity index (χ3n) is 6.48. The second-order valence-electron chi connectivity index (χ2n) is 9.97. The molecule has 0 radical (unpaired) electrons. The SMILES string of the molecule is CCc1cccc(CN(C[C@@H](O)[C@@H](N)Cc2cc(F)cc(F)c2)C(=O)CCC(=O)Nc2ccc(NC(C)=O)cc2)c1. The molecule has 0 bridgehead atoms. The number of halogens is 2. The van der Waals surface area contributed by atoms with Crippen LogP contribution in [-0.2, 0) is 33.8 Å². The molecule has 5 N–H and O–H groups in total. The molecule has 0 fully saturated rings. The van der Waals surface area contributed by atoms with Crippen LogP contribution < -0.4 is 16.4 Å². The second kappa shape index (κ2) is 15.0. The molecule has 8 nitrogen and oxygen atoms in total. The van der Waals surface area contributed by atoms with Crippen LogP contribution in [0.15, 0.2) is 66.7 Å². The Labute approximate surface area is 238 Å². The third-order valence-corrected chi connectivity index (χ3v) is 6.48. The Balaban J connectivity index is 1.65. The summed E-state index contributed by atoms with van der Waals surface area (Å²) >= 11 is 0. The van der Waals surface area contributed by atoms with Crippen LogP contribution >= 0.6 is 0 Å². The van der Waals surface area contributed by atoms with Gasteiger partial charge in [-0.3, -0.25) is 14.4 Å². The van der Waals surface area contributed by atoms with E-state index < -0.39 is 23.8 Å². The smallest absolute Gasteiger partial charge is 0.224 e. The van der Waals surface area contributed by atoms with Crippen LogP contribution in [-0.4, -0.2) is 46.4 Å². The monoisotopic (exact) mass is 566 g/mol. The van der Waals surface area contributed by atoms with Gasteiger partial charge in [0.2, 0.25) is 17.7 Å². The van der Waals surface area contributed by atoms with Gasteiger partial charge in [-0.1, -0.05) is 31.2 Å². The number of aliphatic hydroxyl groups is 1. The number of benzene rings is 3. The Hall–Kier alpha value is -4.15. The van der Waals surface area contributed by atoms with Crippen LogP contribution in [0.1, 0.15) is 43.4 Å². The van der Waals surface area contributed by atoms with E-state index in [2.05, 4.69) is 10.6 Å². The lowest BCUT2D eigenvalue weighted by molar-refractivity contribution is -0.135. The molecule has 0 aromatic heterocycles. The zero-order valence-corrected chi connectivity index (χ0v) is 23.2. The minimum atomic E-state index is -1.18. The largest absolute Gasteiger partial charge is 0.390 e. The lowest BCUT2D eigenvalue weighted by atomic mass is 10.0. The predicted molar refractivity (Wildman–Crippen MR) is 154 cm³/mol. The van der Waals surface area contributed by atoms with Crippen molar-refractivity contribution in [1.29, 1.82) is 0 Å². The highest BCUT2D eigenvalue weighted by molar-refractivity contribution is 5.94. The van der Waals surface area contributed by atoms with Gasteiger partial charge in [0.15, 0.2) is 0 Å². The molecule has 0 heterocycles. The summed E-state index contributed by atoms with van der Waals surface area (Å²) in [6, 6.07) is 16.5. The summed E-state index contributed by atoms with van der Waals surface area (Å²) < 4.78 is 27.2. The average Bonchev–Trinajstić information content (AvgIpc) is 2.91. The maximum Gasteiger partial charge on any atom is 0.224 e. The fourth-order valence-corrected chi connectivity index (χ4v) is 4.36. The standard InChI is InChI=1S/C31H36F2N4O4/c1-3-21-5-4-6-22(13-21)18-37(19-29(39)28(34)16-23-14-24(32)17-25(33)15-23)31(41)12-11-30(40)36-27-9-7-26(8-10-27)35-20(2)38/h4-10,13-15,17,28-29,39H,3,11-12,16,18-19,34H2,1-2H3,(H,35,38)(H,36,40)/t28-,29+/m0/s1. The molecule has 218 valence electrons. The maximum atomic E-state index is 13.6. The zero-order valence-electron chi connectivity index (χ0n) is 23.2. The van der Waals surface area contributed by atoms with Crippen LogP contribution in [0.25, 0.3) is 0 Å². The van der Waals surface area contributed by atoms with Crippen molar-refractivity contribution in [1.82, 2.24) is 4.90 Å². The third kappa shape index (κ3) is 10.4. The number of hydrogen-bond acceptors (Lipinski definition) is 5. The van der Waals surface area contributed by atoms with Crippen LogP contribution in [0.3, 0.4) is 0 Å². The summed E-state index contributed by atoms with van der Waals surface area (Å²) in [6.07, 6.45) is -0.573. The van der Waals surface area contributed by atoms with Crippen molar-refractivity contribution >= 4 is 29.1 Å². The Morgan fingerprint density at radius 1 is 0.878 bits per heavy atom. The molecule has 10 heteroatoms. The van der Waals surface area contributed by atoms with Crippen molar-refractivity contribution in [3.8, 4) is 0 Å². The number of carbonyl (C=O) groups excluding carboxylic acids is 3. The maximum absolute atomic E-state index is 13.6. The number of nitrogens with zero attached hydrogens (tertiary/aromatic N) is 1. The number of amides is 3. The molecule has 0 spiro atoms. The van der Waals surface area contributed by atoms with E-state index in [1.165, 1.54) is 11.8 Å².